The van der Waals surface area contributed by atoms with E-state index in [0.29, 0.717) is 25.1 Å². The summed E-state index contributed by atoms with van der Waals surface area (Å²) in [5.41, 5.74) is 5.09. The van der Waals surface area contributed by atoms with Crippen LogP contribution in [0, 0.1) is 24.5 Å². The van der Waals surface area contributed by atoms with E-state index in [0.717, 1.165) is 12.1 Å². The molecule has 3 heterocycles. The molecule has 0 saturated carbocycles. The van der Waals surface area contributed by atoms with Gasteiger partial charge in [0, 0.05) is 25.6 Å². The number of terminal acetylenes is 1. The Hall–Kier alpha value is -4.18. The minimum Gasteiger partial charge on any atom is -0.389 e. The van der Waals surface area contributed by atoms with Crippen molar-refractivity contribution in [1.82, 2.24) is 39.2 Å². The lowest BCUT2D eigenvalue weighted by atomic mass is 10.1. The van der Waals surface area contributed by atoms with E-state index in [9.17, 15) is 18.7 Å². The zero-order valence-electron chi connectivity index (χ0n) is 21.1. The molecule has 196 valence electrons. The number of aryl methyl sites for hydroxylation is 1. The molecule has 1 atom stereocenters. The van der Waals surface area contributed by atoms with Gasteiger partial charge in [0.2, 0.25) is 11.8 Å². The third-order valence-electron chi connectivity index (χ3n) is 5.64. The van der Waals surface area contributed by atoms with E-state index in [1.807, 2.05) is 6.92 Å². The van der Waals surface area contributed by atoms with Crippen molar-refractivity contribution in [3.63, 3.8) is 0 Å². The van der Waals surface area contributed by atoms with Crippen molar-refractivity contribution < 1.29 is 18.7 Å². The number of carbonyl (C=O) groups is 1. The van der Waals surface area contributed by atoms with Gasteiger partial charge in [-0.05, 0) is 39.7 Å². The van der Waals surface area contributed by atoms with E-state index in [1.54, 1.807) is 25.8 Å². The van der Waals surface area contributed by atoms with Crippen LogP contribution in [0.2, 0.25) is 0 Å². The predicted molar refractivity (Wildman–Crippen MR) is 133 cm³/mol. The average Bonchev–Trinajstić information content (AvgIpc) is 3.47. The van der Waals surface area contributed by atoms with Crippen molar-refractivity contribution in [2.75, 3.05) is 12.8 Å². The van der Waals surface area contributed by atoms with Gasteiger partial charge in [-0.1, -0.05) is 0 Å². The molecule has 0 spiro atoms. The van der Waals surface area contributed by atoms with E-state index >= 15 is 0 Å². The number of benzene rings is 1. The average molecular weight is 514 g/mol. The number of halogens is 2. The smallest absolute Gasteiger partial charge is 0.293 e. The Balaban J connectivity index is 0.00000186. The highest BCUT2D eigenvalue weighted by atomic mass is 19.1. The molecule has 4 aromatic rings. The maximum Gasteiger partial charge on any atom is 0.293 e. The molecule has 0 radical (unpaired) electrons. The number of hydrogen-bond acceptors (Lipinski definition) is 8. The summed E-state index contributed by atoms with van der Waals surface area (Å²) in [7, 11) is 1.68. The van der Waals surface area contributed by atoms with Gasteiger partial charge >= 0.3 is 0 Å². The number of aromatic nitrogens is 7. The number of nitrogens with zero attached hydrogens (tertiary/aromatic N) is 8. The molecule has 11 nitrogen and oxygen atoms in total. The van der Waals surface area contributed by atoms with Crippen LogP contribution in [0.25, 0.3) is 16.6 Å². The highest BCUT2D eigenvalue weighted by molar-refractivity contribution is 5.92. The molecule has 37 heavy (non-hydrogen) atoms. The first-order valence-electron chi connectivity index (χ1n) is 11.4. The molecule has 1 aromatic carbocycles. The van der Waals surface area contributed by atoms with E-state index in [2.05, 4.69) is 38.0 Å². The molecule has 3 N–H and O–H groups in total. The highest BCUT2D eigenvalue weighted by Gasteiger charge is 2.23. The molecule has 0 saturated heterocycles. The number of nitrogen functional groups attached to an aromatic ring is 1. The maximum atomic E-state index is 14.1. The Labute approximate surface area is 212 Å². The SMILES string of the molecule is C#C.C[C@@H](CCCc1nc2c3cc(F)cc(F)c3nc(N)n2n1)N(C)C(=O)c1ncn(CC(C)(C)O)n1. The van der Waals surface area contributed by atoms with Crippen LogP contribution in [0.1, 0.15) is 50.1 Å². The topological polar surface area (TPSA) is 140 Å². The second-order valence-electron chi connectivity index (χ2n) is 9.25. The zero-order chi connectivity index (χ0) is 27.5. The largest absolute Gasteiger partial charge is 0.389 e. The number of hydrogen-bond donors (Lipinski definition) is 2. The van der Waals surface area contributed by atoms with Crippen molar-refractivity contribution in [3.05, 3.63) is 41.7 Å². The molecule has 0 unspecified atom stereocenters. The molecule has 3 aromatic heterocycles. The summed E-state index contributed by atoms with van der Waals surface area (Å²) in [5, 5.41) is 18.6. The summed E-state index contributed by atoms with van der Waals surface area (Å²) >= 11 is 0. The quantitative estimate of drug-likeness (QED) is 0.342. The minimum absolute atomic E-state index is 0.0491. The van der Waals surface area contributed by atoms with Crippen molar-refractivity contribution in [2.24, 2.45) is 0 Å². The van der Waals surface area contributed by atoms with Crippen LogP contribution in [0.3, 0.4) is 0 Å². The van der Waals surface area contributed by atoms with E-state index in [1.165, 1.54) is 15.5 Å². The molecule has 4 rings (SSSR count). The fraction of sp³-hybridized carbons (Fsp3) is 0.417. The Morgan fingerprint density at radius 3 is 2.62 bits per heavy atom. The fourth-order valence-electron chi connectivity index (χ4n) is 3.78. The highest BCUT2D eigenvalue weighted by Crippen LogP contribution is 2.23. The van der Waals surface area contributed by atoms with Gasteiger partial charge in [0.1, 0.15) is 17.7 Å². The van der Waals surface area contributed by atoms with Gasteiger partial charge in [0.15, 0.2) is 17.3 Å². The van der Waals surface area contributed by atoms with Gasteiger partial charge in [-0.3, -0.25) is 4.79 Å². The lowest BCUT2D eigenvalue weighted by Crippen LogP contribution is -2.36. The number of aliphatic hydroxyl groups is 1. The van der Waals surface area contributed by atoms with Crippen LogP contribution in [-0.4, -0.2) is 69.0 Å². The molecule has 1 amide bonds. The van der Waals surface area contributed by atoms with Gasteiger partial charge in [-0.25, -0.2) is 28.4 Å². The zero-order valence-corrected chi connectivity index (χ0v) is 21.1. The summed E-state index contributed by atoms with van der Waals surface area (Å²) < 4.78 is 30.6. The van der Waals surface area contributed by atoms with Crippen LogP contribution >= 0.6 is 0 Å². The first-order chi connectivity index (χ1) is 17.4. The van der Waals surface area contributed by atoms with Crippen LogP contribution in [0.4, 0.5) is 14.7 Å². The maximum absolute atomic E-state index is 14.1. The normalized spacial score (nSPS) is 12.4. The first kappa shape index (κ1) is 27.4. The second kappa shape index (κ2) is 10.8. The van der Waals surface area contributed by atoms with Crippen molar-refractivity contribution in [1.29, 1.82) is 0 Å². The van der Waals surface area contributed by atoms with Gasteiger partial charge in [-0.15, -0.1) is 23.0 Å². The summed E-state index contributed by atoms with van der Waals surface area (Å²) in [4.78, 5) is 26.8. The van der Waals surface area contributed by atoms with E-state index in [-0.39, 0.29) is 46.8 Å². The van der Waals surface area contributed by atoms with E-state index in [4.69, 9.17) is 5.73 Å². The number of rotatable bonds is 8. The number of fused-ring (bicyclic) bond motifs is 3. The monoisotopic (exact) mass is 513 g/mol. The molecular weight excluding hydrogens is 484 g/mol. The summed E-state index contributed by atoms with van der Waals surface area (Å²) in [6.07, 6.45) is 11.2. The number of carbonyl (C=O) groups excluding carboxylic acids is 1. The standard InChI is InChI=1S/C22H27F2N9O2.C2H2/c1-12(31(4)20(34)18-26-11-32(30-18)10-22(2,3)35)6-5-7-16-27-19-14-8-13(23)9-15(24)17(14)28-21(25)33(19)29-16;1-2/h8-9,11-12,35H,5-7,10H2,1-4H3,(H2,25,28);1-2H/t12-;/m0./s1. The van der Waals surface area contributed by atoms with Gasteiger partial charge in [0.05, 0.1) is 17.5 Å². The molecule has 0 fully saturated rings. The summed E-state index contributed by atoms with van der Waals surface area (Å²) in [6, 6.07) is 1.77. The minimum atomic E-state index is -0.978. The Morgan fingerprint density at radius 2 is 1.95 bits per heavy atom. The van der Waals surface area contributed by atoms with Crippen molar-refractivity contribution in [2.45, 2.75) is 58.2 Å². The van der Waals surface area contributed by atoms with Crippen molar-refractivity contribution in [3.8, 4) is 12.8 Å². The third-order valence-corrected chi connectivity index (χ3v) is 5.64. The second-order valence-corrected chi connectivity index (χ2v) is 9.25. The number of nitrogens with two attached hydrogens (primary N) is 1. The predicted octanol–water partition coefficient (Wildman–Crippen LogP) is 2.23. The lowest BCUT2D eigenvalue weighted by Gasteiger charge is -2.23. The Bertz CT molecular complexity index is 1440. The lowest BCUT2D eigenvalue weighted by molar-refractivity contribution is 0.0568. The molecule has 0 aliphatic heterocycles. The third kappa shape index (κ3) is 6.15. The van der Waals surface area contributed by atoms with E-state index < -0.39 is 17.2 Å². The van der Waals surface area contributed by atoms with Gasteiger partial charge in [0.25, 0.3) is 5.91 Å². The number of anilines is 1. The molecule has 0 bridgehead atoms. The van der Waals surface area contributed by atoms with Crippen LogP contribution in [-0.2, 0) is 13.0 Å². The molecule has 0 aliphatic carbocycles. The molecular formula is C24H29F2N9O2. The van der Waals surface area contributed by atoms with Crippen molar-refractivity contribution >= 4 is 28.4 Å². The number of amides is 1. The molecule has 13 heteroatoms. The first-order valence-corrected chi connectivity index (χ1v) is 11.4. The Kier molecular flexibility index (Phi) is 8.03. The van der Waals surface area contributed by atoms with Gasteiger partial charge < -0.3 is 15.7 Å². The van der Waals surface area contributed by atoms with Crippen LogP contribution < -0.4 is 5.73 Å². The summed E-state index contributed by atoms with van der Waals surface area (Å²) in [5.74, 6) is -1.43. The fourth-order valence-corrected chi connectivity index (χ4v) is 3.78. The van der Waals surface area contributed by atoms with Gasteiger partial charge in [-0.2, -0.15) is 4.52 Å². The summed E-state index contributed by atoms with van der Waals surface area (Å²) in [6.45, 7) is 5.41. The Morgan fingerprint density at radius 1 is 1.24 bits per heavy atom. The molecule has 0 aliphatic rings. The van der Waals surface area contributed by atoms with Crippen LogP contribution in [0.15, 0.2) is 18.5 Å². The van der Waals surface area contributed by atoms with Crippen LogP contribution in [0.5, 0.6) is 0 Å².